The maximum Gasteiger partial charge on any atom is 0.325 e. The highest BCUT2D eigenvalue weighted by Gasteiger charge is 2.21. The highest BCUT2D eigenvalue weighted by atomic mass is 79.9. The minimum Gasteiger partial charge on any atom is -0.468 e. The van der Waals surface area contributed by atoms with E-state index in [1.165, 1.54) is 25.6 Å². The van der Waals surface area contributed by atoms with Crippen molar-refractivity contribution in [3.05, 3.63) is 22.9 Å². The highest BCUT2D eigenvalue weighted by Crippen LogP contribution is 2.14. The van der Waals surface area contributed by atoms with Crippen molar-refractivity contribution in [2.45, 2.75) is 10.3 Å². The van der Waals surface area contributed by atoms with Gasteiger partial charge in [-0.05, 0) is 22.0 Å². The van der Waals surface area contributed by atoms with E-state index in [0.717, 1.165) is 0 Å². The van der Waals surface area contributed by atoms with E-state index in [1.807, 2.05) is 0 Å². The molecule has 1 heterocycles. The van der Waals surface area contributed by atoms with Gasteiger partial charge in [-0.15, -0.1) is 11.6 Å². The lowest BCUT2D eigenvalue weighted by atomic mass is 10.4. The van der Waals surface area contributed by atoms with E-state index >= 15 is 0 Å². The molecule has 1 unspecified atom stereocenters. The van der Waals surface area contributed by atoms with Crippen molar-refractivity contribution in [3.8, 4) is 0 Å². The van der Waals surface area contributed by atoms with E-state index in [9.17, 15) is 13.2 Å². The third-order valence-electron chi connectivity index (χ3n) is 1.90. The lowest BCUT2D eigenvalue weighted by Gasteiger charge is -2.09. The number of carbonyl (C=O) groups excluding carboxylic acids is 1. The number of hydrogen-bond donors (Lipinski definition) is 1. The first-order valence-corrected chi connectivity index (χ1v) is 7.40. The Bertz CT molecular complexity index is 537. The zero-order valence-electron chi connectivity index (χ0n) is 9.26. The predicted octanol–water partition coefficient (Wildman–Crippen LogP) is 0.903. The summed E-state index contributed by atoms with van der Waals surface area (Å²) in [5.74, 6) is -0.702. The molecule has 1 rings (SSSR count). The van der Waals surface area contributed by atoms with Crippen molar-refractivity contribution in [3.63, 3.8) is 0 Å². The minimum absolute atomic E-state index is 0.0226. The average molecular weight is 358 g/mol. The second-order valence-corrected chi connectivity index (χ2v) is 6.39. The van der Waals surface area contributed by atoms with Crippen LogP contribution >= 0.6 is 27.5 Å². The van der Waals surface area contributed by atoms with Gasteiger partial charge in [-0.2, -0.15) is 0 Å². The van der Waals surface area contributed by atoms with E-state index in [1.54, 1.807) is 0 Å². The van der Waals surface area contributed by atoms with Crippen LogP contribution in [0.25, 0.3) is 0 Å². The second kappa shape index (κ2) is 6.46. The van der Waals surface area contributed by atoms with Gasteiger partial charge in [0.05, 0.1) is 7.11 Å². The first-order chi connectivity index (χ1) is 8.36. The molecule has 0 aliphatic carbocycles. The molecule has 18 heavy (non-hydrogen) atoms. The van der Waals surface area contributed by atoms with E-state index < -0.39 is 21.4 Å². The molecule has 1 N–H and O–H groups in total. The Morgan fingerprint density at radius 2 is 2.28 bits per heavy atom. The SMILES string of the molecule is COC(=O)C(Cl)CNS(=O)(=O)c1cncc(Br)c1. The van der Waals surface area contributed by atoms with Gasteiger partial charge >= 0.3 is 5.97 Å². The van der Waals surface area contributed by atoms with Crippen molar-refractivity contribution in [1.82, 2.24) is 9.71 Å². The molecule has 9 heteroatoms. The molecule has 0 radical (unpaired) electrons. The van der Waals surface area contributed by atoms with Crippen LogP contribution in [0, 0.1) is 0 Å². The van der Waals surface area contributed by atoms with Gasteiger partial charge in [0.25, 0.3) is 0 Å². The van der Waals surface area contributed by atoms with Gasteiger partial charge in [0, 0.05) is 23.4 Å². The number of nitrogens with zero attached hydrogens (tertiary/aromatic N) is 1. The van der Waals surface area contributed by atoms with Crippen LogP contribution in [0.3, 0.4) is 0 Å². The number of alkyl halides is 1. The summed E-state index contributed by atoms with van der Waals surface area (Å²) in [5.41, 5.74) is 0. The maximum atomic E-state index is 11.8. The predicted molar refractivity (Wildman–Crippen MR) is 68.8 cm³/mol. The molecular formula is C9H10BrClN2O4S. The molecule has 6 nitrogen and oxygen atoms in total. The largest absolute Gasteiger partial charge is 0.468 e. The summed E-state index contributed by atoms with van der Waals surface area (Å²) in [5, 5.41) is -1.08. The third kappa shape index (κ3) is 4.20. The third-order valence-corrected chi connectivity index (χ3v) is 4.06. The zero-order chi connectivity index (χ0) is 13.8. The lowest BCUT2D eigenvalue weighted by Crippen LogP contribution is -2.34. The number of hydrogen-bond acceptors (Lipinski definition) is 5. The first-order valence-electron chi connectivity index (χ1n) is 4.69. The maximum absolute atomic E-state index is 11.8. The van der Waals surface area contributed by atoms with Crippen LogP contribution in [0.5, 0.6) is 0 Å². The fourth-order valence-electron chi connectivity index (χ4n) is 1.02. The number of sulfonamides is 1. The van der Waals surface area contributed by atoms with Gasteiger partial charge in [-0.1, -0.05) is 0 Å². The summed E-state index contributed by atoms with van der Waals surface area (Å²) in [6.07, 6.45) is 2.65. The van der Waals surface area contributed by atoms with E-state index in [4.69, 9.17) is 11.6 Å². The minimum atomic E-state index is -3.75. The number of aromatic nitrogens is 1. The Morgan fingerprint density at radius 1 is 1.61 bits per heavy atom. The van der Waals surface area contributed by atoms with Crippen LogP contribution in [-0.2, 0) is 19.6 Å². The molecular weight excluding hydrogens is 348 g/mol. The molecule has 0 aromatic carbocycles. The molecule has 0 fully saturated rings. The summed E-state index contributed by atoms with van der Waals surface area (Å²) >= 11 is 8.74. The van der Waals surface area contributed by atoms with Gasteiger partial charge in [-0.25, -0.2) is 13.1 Å². The van der Waals surface area contributed by atoms with Crippen molar-refractivity contribution < 1.29 is 17.9 Å². The van der Waals surface area contributed by atoms with Gasteiger partial charge in [-0.3, -0.25) is 9.78 Å². The molecule has 1 atom stereocenters. The number of methoxy groups -OCH3 is 1. The Kier molecular flexibility index (Phi) is 5.51. The molecule has 100 valence electrons. The number of rotatable bonds is 5. The lowest BCUT2D eigenvalue weighted by molar-refractivity contribution is -0.140. The number of nitrogens with one attached hydrogen (secondary N) is 1. The Hall–Kier alpha value is -0.700. The zero-order valence-corrected chi connectivity index (χ0v) is 12.4. The normalized spacial score (nSPS) is 13.1. The highest BCUT2D eigenvalue weighted by molar-refractivity contribution is 9.10. The van der Waals surface area contributed by atoms with Gasteiger partial charge in [0.2, 0.25) is 10.0 Å². The summed E-state index contributed by atoms with van der Waals surface area (Å²) in [4.78, 5) is 14.7. The van der Waals surface area contributed by atoms with Crippen LogP contribution in [0.1, 0.15) is 0 Å². The summed E-state index contributed by atoms with van der Waals surface area (Å²) in [6.45, 7) is -0.261. The number of pyridine rings is 1. The molecule has 0 aliphatic heterocycles. The molecule has 0 saturated heterocycles. The standard InChI is InChI=1S/C9H10BrClN2O4S/c1-17-9(14)8(11)5-13-18(15,16)7-2-6(10)3-12-4-7/h2-4,8,13H,5H2,1H3. The van der Waals surface area contributed by atoms with Gasteiger partial charge < -0.3 is 4.74 Å². The summed E-state index contributed by atoms with van der Waals surface area (Å²) in [6, 6.07) is 1.39. The number of carbonyl (C=O) groups is 1. The average Bonchev–Trinajstić information content (AvgIpc) is 2.35. The Morgan fingerprint density at radius 3 is 2.83 bits per heavy atom. The molecule has 1 aromatic heterocycles. The number of esters is 1. The van der Waals surface area contributed by atoms with Crippen molar-refractivity contribution in [1.29, 1.82) is 0 Å². The number of halogens is 2. The second-order valence-electron chi connectivity index (χ2n) is 3.18. The number of ether oxygens (including phenoxy) is 1. The van der Waals surface area contributed by atoms with Crippen molar-refractivity contribution in [2.24, 2.45) is 0 Å². The Labute approximate surface area is 118 Å². The molecule has 0 amide bonds. The Balaban J connectivity index is 2.75. The van der Waals surface area contributed by atoms with E-state index in [2.05, 4.69) is 30.4 Å². The fourth-order valence-corrected chi connectivity index (χ4v) is 2.83. The topological polar surface area (TPSA) is 85.4 Å². The van der Waals surface area contributed by atoms with Crippen molar-refractivity contribution >= 4 is 43.5 Å². The van der Waals surface area contributed by atoms with Gasteiger partial charge in [0.1, 0.15) is 10.3 Å². The summed E-state index contributed by atoms with van der Waals surface area (Å²) in [7, 11) is -2.58. The van der Waals surface area contributed by atoms with Crippen LogP contribution in [-0.4, -0.2) is 38.4 Å². The summed E-state index contributed by atoms with van der Waals surface area (Å²) < 4.78 is 30.7. The van der Waals surface area contributed by atoms with Crippen LogP contribution in [0.2, 0.25) is 0 Å². The van der Waals surface area contributed by atoms with Crippen LogP contribution < -0.4 is 4.72 Å². The van der Waals surface area contributed by atoms with E-state index in [-0.39, 0.29) is 11.4 Å². The quantitative estimate of drug-likeness (QED) is 0.625. The fraction of sp³-hybridized carbons (Fsp3) is 0.333. The van der Waals surface area contributed by atoms with Crippen molar-refractivity contribution in [2.75, 3.05) is 13.7 Å². The first kappa shape index (κ1) is 15.4. The molecule has 1 aromatic rings. The van der Waals surface area contributed by atoms with Crippen LogP contribution in [0.4, 0.5) is 0 Å². The molecule has 0 spiro atoms. The molecule has 0 aliphatic rings. The van der Waals surface area contributed by atoms with E-state index in [0.29, 0.717) is 4.47 Å². The molecule has 0 saturated carbocycles. The smallest absolute Gasteiger partial charge is 0.325 e. The monoisotopic (exact) mass is 356 g/mol. The van der Waals surface area contributed by atoms with Crippen LogP contribution in [0.15, 0.2) is 27.8 Å². The van der Waals surface area contributed by atoms with Gasteiger partial charge in [0.15, 0.2) is 0 Å². The molecule has 0 bridgehead atoms.